The second kappa shape index (κ2) is 9.68. The van der Waals surface area contributed by atoms with Crippen molar-refractivity contribution in [3.8, 4) is 0 Å². The Hall–Kier alpha value is -1.20. The van der Waals surface area contributed by atoms with Crippen LogP contribution < -0.4 is 5.32 Å². The van der Waals surface area contributed by atoms with Crippen LogP contribution in [0.3, 0.4) is 0 Å². The molecule has 21 heavy (non-hydrogen) atoms. The molecule has 1 rings (SSSR count). The number of rotatable bonds is 10. The molecule has 0 amide bonds. The first-order valence-electron chi connectivity index (χ1n) is 7.50. The van der Waals surface area contributed by atoms with Crippen LogP contribution in [0.1, 0.15) is 38.2 Å². The van der Waals surface area contributed by atoms with Gasteiger partial charge in [-0.05, 0) is 25.0 Å². The van der Waals surface area contributed by atoms with Crippen LogP contribution in [-0.2, 0) is 4.74 Å². The molecular weight excluding hydrogens is 276 g/mol. The molecule has 0 bridgehead atoms. The summed E-state index contributed by atoms with van der Waals surface area (Å²) in [6.45, 7) is 4.51. The Bertz CT molecular complexity index is 427. The molecule has 0 spiro atoms. The van der Waals surface area contributed by atoms with Crippen molar-refractivity contribution < 1.29 is 18.6 Å². The predicted octanol–water partition coefficient (Wildman–Crippen LogP) is 3.64. The van der Waals surface area contributed by atoms with Crippen LogP contribution in [0.15, 0.2) is 12.1 Å². The van der Waals surface area contributed by atoms with E-state index in [-0.39, 0.29) is 18.8 Å². The molecule has 120 valence electrons. The zero-order valence-corrected chi connectivity index (χ0v) is 12.8. The second-order valence-corrected chi connectivity index (χ2v) is 5.22. The molecule has 1 unspecified atom stereocenters. The van der Waals surface area contributed by atoms with Gasteiger partial charge in [0.15, 0.2) is 5.82 Å². The highest BCUT2D eigenvalue weighted by atomic mass is 19.1. The maximum atomic E-state index is 13.7. The monoisotopic (exact) mass is 301 g/mol. The highest BCUT2D eigenvalue weighted by Gasteiger charge is 2.12. The van der Waals surface area contributed by atoms with Gasteiger partial charge in [-0.25, -0.2) is 8.78 Å². The lowest BCUT2D eigenvalue weighted by Gasteiger charge is -2.15. The molecule has 0 saturated heterocycles. The van der Waals surface area contributed by atoms with Gasteiger partial charge in [-0.3, -0.25) is 0 Å². The maximum Gasteiger partial charge on any atom is 0.152 e. The number of unbranched alkanes of at least 4 members (excludes halogenated alkanes) is 3. The van der Waals surface area contributed by atoms with Crippen molar-refractivity contribution >= 4 is 5.69 Å². The Kier molecular flexibility index (Phi) is 8.23. The molecule has 0 fully saturated rings. The van der Waals surface area contributed by atoms with Crippen LogP contribution in [0.2, 0.25) is 0 Å². The lowest BCUT2D eigenvalue weighted by molar-refractivity contribution is 0.0416. The summed E-state index contributed by atoms with van der Waals surface area (Å²) in [6, 6.07) is 2.59. The summed E-state index contributed by atoms with van der Waals surface area (Å²) in [5.74, 6) is -1.28. The predicted molar refractivity (Wildman–Crippen MR) is 80.6 cm³/mol. The molecule has 0 saturated carbocycles. The molecule has 1 atom stereocenters. The number of anilines is 1. The number of hydrogen-bond acceptors (Lipinski definition) is 3. The van der Waals surface area contributed by atoms with Gasteiger partial charge in [-0.2, -0.15) is 0 Å². The van der Waals surface area contributed by atoms with E-state index in [4.69, 9.17) is 4.74 Å². The van der Waals surface area contributed by atoms with Crippen molar-refractivity contribution in [3.63, 3.8) is 0 Å². The summed E-state index contributed by atoms with van der Waals surface area (Å²) in [7, 11) is 0. The molecule has 0 aromatic heterocycles. The Morgan fingerprint density at radius 1 is 1.24 bits per heavy atom. The first-order valence-corrected chi connectivity index (χ1v) is 7.50. The van der Waals surface area contributed by atoms with Gasteiger partial charge in [0.05, 0.1) is 12.7 Å². The fourth-order valence-corrected chi connectivity index (χ4v) is 1.95. The number of halogens is 2. The zero-order valence-electron chi connectivity index (χ0n) is 12.8. The molecule has 5 heteroatoms. The Balaban J connectivity index is 2.27. The molecule has 0 heterocycles. The van der Waals surface area contributed by atoms with E-state index >= 15 is 0 Å². The fraction of sp³-hybridized carbons (Fsp3) is 0.625. The summed E-state index contributed by atoms with van der Waals surface area (Å²) in [4.78, 5) is 0. The highest BCUT2D eigenvalue weighted by Crippen LogP contribution is 2.21. The molecule has 2 N–H and O–H groups in total. The van der Waals surface area contributed by atoms with Crippen molar-refractivity contribution in [2.45, 2.75) is 45.6 Å². The van der Waals surface area contributed by atoms with E-state index in [1.807, 2.05) is 0 Å². The third kappa shape index (κ3) is 6.40. The van der Waals surface area contributed by atoms with Crippen LogP contribution in [0.25, 0.3) is 0 Å². The minimum Gasteiger partial charge on any atom is -0.389 e. The molecule has 0 aliphatic rings. The normalized spacial score (nSPS) is 12.4. The van der Waals surface area contributed by atoms with Gasteiger partial charge < -0.3 is 15.2 Å². The van der Waals surface area contributed by atoms with Gasteiger partial charge in [0.1, 0.15) is 11.5 Å². The first kappa shape index (κ1) is 17.9. The van der Waals surface area contributed by atoms with E-state index in [1.54, 1.807) is 6.92 Å². The minimum atomic E-state index is -0.796. The lowest BCUT2D eigenvalue weighted by atomic mass is 10.2. The van der Waals surface area contributed by atoms with E-state index in [0.717, 1.165) is 12.8 Å². The SMILES string of the molecule is CCCCCCOCC(O)CNc1c(F)ccc(C)c1F. The molecular formula is C16H25F2NO2. The summed E-state index contributed by atoms with van der Waals surface area (Å²) < 4.78 is 32.6. The van der Waals surface area contributed by atoms with E-state index in [0.29, 0.717) is 12.2 Å². The molecule has 0 aliphatic carbocycles. The molecule has 1 aromatic rings. The van der Waals surface area contributed by atoms with Gasteiger partial charge in [0.25, 0.3) is 0 Å². The van der Waals surface area contributed by atoms with Crippen LogP contribution in [0.5, 0.6) is 0 Å². The topological polar surface area (TPSA) is 41.5 Å². The lowest BCUT2D eigenvalue weighted by Crippen LogP contribution is -2.26. The summed E-state index contributed by atoms with van der Waals surface area (Å²) in [5, 5.41) is 12.3. The number of benzene rings is 1. The van der Waals surface area contributed by atoms with Gasteiger partial charge in [0, 0.05) is 13.2 Å². The van der Waals surface area contributed by atoms with Crippen molar-refractivity contribution in [1.29, 1.82) is 0 Å². The average molecular weight is 301 g/mol. The number of nitrogens with one attached hydrogen (secondary N) is 1. The number of aliphatic hydroxyl groups excluding tert-OH is 1. The van der Waals surface area contributed by atoms with Crippen molar-refractivity contribution in [2.75, 3.05) is 25.1 Å². The van der Waals surface area contributed by atoms with E-state index in [2.05, 4.69) is 12.2 Å². The van der Waals surface area contributed by atoms with Crippen molar-refractivity contribution in [3.05, 3.63) is 29.3 Å². The largest absolute Gasteiger partial charge is 0.389 e. The molecule has 0 aliphatic heterocycles. The average Bonchev–Trinajstić information content (AvgIpc) is 2.47. The third-order valence-corrected chi connectivity index (χ3v) is 3.25. The summed E-state index contributed by atoms with van der Waals surface area (Å²) in [6.07, 6.45) is 3.63. The molecule has 1 aromatic carbocycles. The molecule has 3 nitrogen and oxygen atoms in total. The fourth-order valence-electron chi connectivity index (χ4n) is 1.95. The smallest absolute Gasteiger partial charge is 0.152 e. The number of hydrogen-bond donors (Lipinski definition) is 2. The quantitative estimate of drug-likeness (QED) is 0.648. The molecule has 0 radical (unpaired) electrons. The van der Waals surface area contributed by atoms with Gasteiger partial charge >= 0.3 is 0 Å². The number of aryl methyl sites for hydroxylation is 1. The standard InChI is InChI=1S/C16H25F2NO2/c1-3-4-5-6-9-21-11-13(20)10-19-16-14(17)8-7-12(2)15(16)18/h7-8,13,19-20H,3-6,9-11H2,1-2H3. The van der Waals surface area contributed by atoms with Crippen LogP contribution in [0.4, 0.5) is 14.5 Å². The van der Waals surface area contributed by atoms with Gasteiger partial charge in [0.2, 0.25) is 0 Å². The van der Waals surface area contributed by atoms with Gasteiger partial charge in [-0.1, -0.05) is 32.3 Å². The maximum absolute atomic E-state index is 13.7. The van der Waals surface area contributed by atoms with Crippen LogP contribution in [0, 0.1) is 18.6 Å². The second-order valence-electron chi connectivity index (χ2n) is 5.22. The van der Waals surface area contributed by atoms with Crippen molar-refractivity contribution in [1.82, 2.24) is 0 Å². The van der Waals surface area contributed by atoms with Gasteiger partial charge in [-0.15, -0.1) is 0 Å². The first-order chi connectivity index (χ1) is 10.1. The van der Waals surface area contributed by atoms with E-state index in [1.165, 1.54) is 25.0 Å². The van der Waals surface area contributed by atoms with Crippen LogP contribution >= 0.6 is 0 Å². The summed E-state index contributed by atoms with van der Waals surface area (Å²) >= 11 is 0. The number of aliphatic hydroxyl groups is 1. The van der Waals surface area contributed by atoms with E-state index < -0.39 is 17.7 Å². The Morgan fingerprint density at radius 3 is 2.71 bits per heavy atom. The number of ether oxygens (including phenoxy) is 1. The Morgan fingerprint density at radius 2 is 2.00 bits per heavy atom. The van der Waals surface area contributed by atoms with Crippen LogP contribution in [-0.4, -0.2) is 31.0 Å². The Labute approximate surface area is 125 Å². The van der Waals surface area contributed by atoms with E-state index in [9.17, 15) is 13.9 Å². The van der Waals surface area contributed by atoms with Crippen molar-refractivity contribution in [2.24, 2.45) is 0 Å². The highest BCUT2D eigenvalue weighted by molar-refractivity contribution is 5.48. The summed E-state index contributed by atoms with van der Waals surface area (Å²) in [5.41, 5.74) is 0.164. The zero-order chi connectivity index (χ0) is 15.7. The third-order valence-electron chi connectivity index (χ3n) is 3.25. The minimum absolute atomic E-state index is 0.0479.